The number of rotatable bonds is 4. The summed E-state index contributed by atoms with van der Waals surface area (Å²) in [6.45, 7) is 6.80. The van der Waals surface area contributed by atoms with E-state index in [1.54, 1.807) is 0 Å². The number of halogens is 2. The van der Waals surface area contributed by atoms with Crippen LogP contribution in [0, 0.1) is 6.92 Å². The molecule has 1 unspecified atom stereocenters. The highest BCUT2D eigenvalue weighted by atomic mass is 35.5. The molecule has 1 aliphatic rings. The fourth-order valence-electron chi connectivity index (χ4n) is 3.40. The van der Waals surface area contributed by atoms with Crippen molar-refractivity contribution in [1.82, 2.24) is 19.6 Å². The molecule has 3 aromatic rings. The Labute approximate surface area is 183 Å². The zero-order valence-corrected chi connectivity index (χ0v) is 18.1. The fourth-order valence-corrected chi connectivity index (χ4v) is 3.40. The van der Waals surface area contributed by atoms with Gasteiger partial charge in [0.05, 0.1) is 5.69 Å². The van der Waals surface area contributed by atoms with Gasteiger partial charge in [0, 0.05) is 43.6 Å². The quantitative estimate of drug-likeness (QED) is 0.679. The molecule has 1 saturated heterocycles. The summed E-state index contributed by atoms with van der Waals surface area (Å²) in [5.41, 5.74) is 3.59. The minimum atomic E-state index is 0. The molecular weight excluding hydrogens is 411 g/mol. The summed E-state index contributed by atoms with van der Waals surface area (Å²) in [6.07, 6.45) is 4.01. The first-order chi connectivity index (χ1) is 13.1. The number of amides is 1. The van der Waals surface area contributed by atoms with Gasteiger partial charge >= 0.3 is 0 Å². The summed E-state index contributed by atoms with van der Waals surface area (Å²) in [5, 5.41) is 3.36. The number of piperazine rings is 1. The molecule has 8 heteroatoms. The van der Waals surface area contributed by atoms with Gasteiger partial charge in [-0.2, -0.15) is 0 Å². The average Bonchev–Trinajstić information content (AvgIpc) is 3.08. The number of pyridine rings is 1. The number of nitrogens with one attached hydrogen (secondary N) is 1. The molecule has 1 aliphatic heterocycles. The molecule has 1 fully saturated rings. The van der Waals surface area contributed by atoms with Crippen LogP contribution in [0.3, 0.4) is 0 Å². The molecule has 3 heterocycles. The van der Waals surface area contributed by atoms with Crippen LogP contribution < -0.4 is 10.1 Å². The molecule has 6 nitrogen and oxygen atoms in total. The Morgan fingerprint density at radius 3 is 2.86 bits per heavy atom. The topological polar surface area (TPSA) is 58.9 Å². The van der Waals surface area contributed by atoms with Gasteiger partial charge in [-0.15, -0.1) is 24.8 Å². The minimum Gasteiger partial charge on any atom is -0.487 e. The van der Waals surface area contributed by atoms with Gasteiger partial charge in [-0.05, 0) is 43.7 Å². The summed E-state index contributed by atoms with van der Waals surface area (Å²) in [5.74, 6) is 0.731. The van der Waals surface area contributed by atoms with Crippen LogP contribution in [0.5, 0.6) is 5.75 Å². The van der Waals surface area contributed by atoms with Gasteiger partial charge in [-0.25, -0.2) is 4.98 Å². The molecular formula is C21H26Cl2N4O2. The van der Waals surface area contributed by atoms with Gasteiger partial charge in [0.2, 0.25) is 0 Å². The van der Waals surface area contributed by atoms with E-state index in [0.717, 1.165) is 31.0 Å². The maximum absolute atomic E-state index is 12.7. The van der Waals surface area contributed by atoms with E-state index in [2.05, 4.69) is 24.1 Å². The van der Waals surface area contributed by atoms with Crippen LogP contribution in [0.25, 0.3) is 5.65 Å². The highest BCUT2D eigenvalue weighted by Gasteiger charge is 2.21. The molecule has 0 aliphatic carbocycles. The third-order valence-corrected chi connectivity index (χ3v) is 4.77. The van der Waals surface area contributed by atoms with Crippen molar-refractivity contribution in [1.29, 1.82) is 0 Å². The summed E-state index contributed by atoms with van der Waals surface area (Å²) < 4.78 is 7.89. The third kappa shape index (κ3) is 5.41. The van der Waals surface area contributed by atoms with E-state index >= 15 is 0 Å². The number of aryl methyl sites for hydroxylation is 1. The fraction of sp³-hybridized carbons (Fsp3) is 0.333. The molecule has 0 bridgehead atoms. The third-order valence-electron chi connectivity index (χ3n) is 4.77. The maximum Gasteiger partial charge on any atom is 0.254 e. The number of benzene rings is 1. The van der Waals surface area contributed by atoms with Gasteiger partial charge in [0.1, 0.15) is 18.0 Å². The van der Waals surface area contributed by atoms with Crippen molar-refractivity contribution in [2.45, 2.75) is 26.5 Å². The lowest BCUT2D eigenvalue weighted by atomic mass is 10.1. The number of hydrogen-bond acceptors (Lipinski definition) is 4. The van der Waals surface area contributed by atoms with E-state index in [9.17, 15) is 4.79 Å². The molecule has 1 N–H and O–H groups in total. The predicted octanol–water partition coefficient (Wildman–Crippen LogP) is 3.50. The highest BCUT2D eigenvalue weighted by Crippen LogP contribution is 2.18. The maximum atomic E-state index is 12.7. The predicted molar refractivity (Wildman–Crippen MR) is 119 cm³/mol. The Hall–Kier alpha value is -2.28. The molecule has 1 amide bonds. The Balaban J connectivity index is 0.00000150. The van der Waals surface area contributed by atoms with Gasteiger partial charge < -0.3 is 19.4 Å². The number of carbonyl (C=O) groups excluding carboxylic acids is 1. The zero-order valence-electron chi connectivity index (χ0n) is 16.5. The van der Waals surface area contributed by atoms with E-state index in [1.807, 2.05) is 58.1 Å². The van der Waals surface area contributed by atoms with Crippen LogP contribution in [0.1, 0.15) is 28.5 Å². The second kappa shape index (κ2) is 9.96. The summed E-state index contributed by atoms with van der Waals surface area (Å²) in [4.78, 5) is 19.2. The second-order valence-electron chi connectivity index (χ2n) is 7.13. The van der Waals surface area contributed by atoms with Gasteiger partial charge in [-0.1, -0.05) is 12.1 Å². The van der Waals surface area contributed by atoms with E-state index in [0.29, 0.717) is 24.0 Å². The lowest BCUT2D eigenvalue weighted by Gasteiger charge is -2.32. The van der Waals surface area contributed by atoms with Crippen molar-refractivity contribution in [3.63, 3.8) is 0 Å². The van der Waals surface area contributed by atoms with Gasteiger partial charge in [0.25, 0.3) is 5.91 Å². The number of carbonyl (C=O) groups is 1. The summed E-state index contributed by atoms with van der Waals surface area (Å²) in [6, 6.07) is 11.7. The Morgan fingerprint density at radius 1 is 1.24 bits per heavy atom. The van der Waals surface area contributed by atoms with E-state index in [4.69, 9.17) is 4.74 Å². The smallest absolute Gasteiger partial charge is 0.254 e. The second-order valence-corrected chi connectivity index (χ2v) is 7.13. The molecule has 0 radical (unpaired) electrons. The van der Waals surface area contributed by atoms with Crippen molar-refractivity contribution in [2.75, 3.05) is 19.6 Å². The van der Waals surface area contributed by atoms with E-state index in [-0.39, 0.29) is 30.7 Å². The van der Waals surface area contributed by atoms with Gasteiger partial charge in [-0.3, -0.25) is 4.79 Å². The first-order valence-electron chi connectivity index (χ1n) is 9.28. The number of imidazole rings is 1. The SMILES string of the molecule is Cc1ccc2nc(COc3cccc(C(=O)N4CCNC(C)C4)c3)cn2c1.Cl.Cl. The summed E-state index contributed by atoms with van der Waals surface area (Å²) in [7, 11) is 0. The number of aromatic nitrogens is 2. The number of fused-ring (bicyclic) bond motifs is 1. The molecule has 2 aromatic heterocycles. The summed E-state index contributed by atoms with van der Waals surface area (Å²) >= 11 is 0. The molecule has 1 aromatic carbocycles. The van der Waals surface area contributed by atoms with Crippen LogP contribution >= 0.6 is 24.8 Å². The standard InChI is InChI=1S/C21H24N4O2.2ClH/c1-15-6-7-20-23-18(13-25(20)11-15)14-27-19-5-3-4-17(10-19)21(26)24-9-8-22-16(2)12-24;;/h3-7,10-11,13,16,22H,8-9,12,14H2,1-2H3;2*1H. The monoisotopic (exact) mass is 436 g/mol. The normalized spacial score (nSPS) is 16.1. The highest BCUT2D eigenvalue weighted by molar-refractivity contribution is 5.94. The van der Waals surface area contributed by atoms with Crippen LogP contribution in [0.2, 0.25) is 0 Å². The average molecular weight is 437 g/mol. The molecule has 4 rings (SSSR count). The molecule has 29 heavy (non-hydrogen) atoms. The molecule has 156 valence electrons. The van der Waals surface area contributed by atoms with Crippen molar-refractivity contribution in [3.8, 4) is 5.75 Å². The Bertz CT molecular complexity index is 976. The number of hydrogen-bond donors (Lipinski definition) is 1. The number of nitrogens with zero attached hydrogens (tertiary/aromatic N) is 3. The van der Waals surface area contributed by atoms with Crippen LogP contribution in [0.4, 0.5) is 0 Å². The lowest BCUT2D eigenvalue weighted by molar-refractivity contribution is 0.0708. The molecule has 1 atom stereocenters. The van der Waals surface area contributed by atoms with Crippen LogP contribution in [-0.4, -0.2) is 45.9 Å². The number of ether oxygens (including phenoxy) is 1. The Morgan fingerprint density at radius 2 is 2.07 bits per heavy atom. The van der Waals surface area contributed by atoms with Crippen LogP contribution in [-0.2, 0) is 6.61 Å². The largest absolute Gasteiger partial charge is 0.487 e. The Kier molecular flexibility index (Phi) is 7.90. The lowest BCUT2D eigenvalue weighted by Crippen LogP contribution is -2.51. The van der Waals surface area contributed by atoms with Crippen molar-refractivity contribution >= 4 is 36.4 Å². The van der Waals surface area contributed by atoms with Crippen molar-refractivity contribution in [2.24, 2.45) is 0 Å². The van der Waals surface area contributed by atoms with Crippen molar-refractivity contribution < 1.29 is 9.53 Å². The van der Waals surface area contributed by atoms with Crippen LogP contribution in [0.15, 0.2) is 48.8 Å². The molecule has 0 saturated carbocycles. The van der Waals surface area contributed by atoms with E-state index < -0.39 is 0 Å². The van der Waals surface area contributed by atoms with Crippen molar-refractivity contribution in [3.05, 3.63) is 65.6 Å². The van der Waals surface area contributed by atoms with E-state index in [1.165, 1.54) is 5.56 Å². The minimum absolute atomic E-state index is 0. The zero-order chi connectivity index (χ0) is 18.8. The first kappa shape index (κ1) is 23.0. The first-order valence-corrected chi connectivity index (χ1v) is 9.28. The molecule has 0 spiro atoms. The van der Waals surface area contributed by atoms with Gasteiger partial charge in [0.15, 0.2) is 0 Å².